The van der Waals surface area contributed by atoms with Crippen molar-refractivity contribution < 1.29 is 19.2 Å². The van der Waals surface area contributed by atoms with Gasteiger partial charge in [-0.2, -0.15) is 0 Å². The predicted molar refractivity (Wildman–Crippen MR) is 128 cm³/mol. The summed E-state index contributed by atoms with van der Waals surface area (Å²) in [4.78, 5) is 32.8. The van der Waals surface area contributed by atoms with Crippen molar-refractivity contribution in [2.45, 2.75) is 18.6 Å². The van der Waals surface area contributed by atoms with Crippen molar-refractivity contribution >= 4 is 28.6 Å². The fourth-order valence-electron chi connectivity index (χ4n) is 3.24. The van der Waals surface area contributed by atoms with Crippen LogP contribution in [0.2, 0.25) is 0 Å². The molecule has 2 amide bonds. The Morgan fingerprint density at radius 1 is 1.03 bits per heavy atom. The van der Waals surface area contributed by atoms with Crippen LogP contribution in [-0.4, -0.2) is 40.3 Å². The van der Waals surface area contributed by atoms with Gasteiger partial charge in [-0.25, -0.2) is 0 Å². The van der Waals surface area contributed by atoms with Crippen LogP contribution < -0.4 is 10.1 Å². The lowest BCUT2D eigenvalue weighted by atomic mass is 10.1. The molecule has 1 saturated heterocycles. The largest absolute Gasteiger partial charge is 0.490 e. The summed E-state index contributed by atoms with van der Waals surface area (Å²) in [5, 5.41) is 5.78. The first-order valence-electron chi connectivity index (χ1n) is 10.5. The van der Waals surface area contributed by atoms with Crippen LogP contribution in [0.15, 0.2) is 78.1 Å². The first-order valence-corrected chi connectivity index (χ1v) is 11.4. The Hall–Kier alpha value is -3.65. The maximum atomic E-state index is 11.7. The van der Waals surface area contributed by atoms with Crippen molar-refractivity contribution in [3.05, 3.63) is 84.1 Å². The first kappa shape index (κ1) is 22.5. The van der Waals surface area contributed by atoms with Crippen LogP contribution in [0.25, 0.3) is 11.3 Å². The fourth-order valence-corrected chi connectivity index (χ4v) is 4.10. The zero-order chi connectivity index (χ0) is 23.0. The summed E-state index contributed by atoms with van der Waals surface area (Å²) in [5.41, 5.74) is 4.57. The van der Waals surface area contributed by atoms with Gasteiger partial charge in [0.05, 0.1) is 16.7 Å². The molecule has 1 aliphatic heterocycles. The highest BCUT2D eigenvalue weighted by Gasteiger charge is 2.31. The summed E-state index contributed by atoms with van der Waals surface area (Å²) in [7, 11) is 0. The molecule has 2 heterocycles. The van der Waals surface area contributed by atoms with Gasteiger partial charge >= 0.3 is 0 Å². The van der Waals surface area contributed by atoms with E-state index in [0.717, 1.165) is 39.9 Å². The van der Waals surface area contributed by atoms with E-state index < -0.39 is 0 Å². The minimum atomic E-state index is -0.372. The molecule has 0 radical (unpaired) electrons. The molecule has 168 valence electrons. The van der Waals surface area contributed by atoms with Crippen LogP contribution in [0.3, 0.4) is 0 Å². The highest BCUT2D eigenvalue weighted by Crippen LogP contribution is 2.24. The summed E-state index contributed by atoms with van der Waals surface area (Å²) in [5.74, 6) is 0.463. The van der Waals surface area contributed by atoms with Crippen LogP contribution in [0.5, 0.6) is 5.75 Å². The molecule has 33 heavy (non-hydrogen) atoms. The fraction of sp³-hybridized carbons (Fsp3) is 0.200. The van der Waals surface area contributed by atoms with E-state index >= 15 is 0 Å². The number of pyridine rings is 1. The number of imide groups is 1. The SMILES string of the molecule is C/C(=N/OCCOc1ccc(CC2SC(=O)NC2=O)cc1)c1ccc(-c2ccccc2)nc1. The summed E-state index contributed by atoms with van der Waals surface area (Å²) >= 11 is 1.03. The van der Waals surface area contributed by atoms with E-state index in [0.29, 0.717) is 25.4 Å². The number of thioether (sulfide) groups is 1. The number of benzene rings is 2. The number of carbonyl (C=O) groups is 2. The third-order valence-electron chi connectivity index (χ3n) is 5.01. The van der Waals surface area contributed by atoms with E-state index in [1.54, 1.807) is 6.20 Å². The van der Waals surface area contributed by atoms with Crippen LogP contribution in [0.1, 0.15) is 18.1 Å². The average molecular weight is 462 g/mol. The van der Waals surface area contributed by atoms with E-state index in [-0.39, 0.29) is 16.4 Å². The zero-order valence-electron chi connectivity index (χ0n) is 18.1. The normalized spacial score (nSPS) is 15.9. The summed E-state index contributed by atoms with van der Waals surface area (Å²) in [6, 6.07) is 21.4. The van der Waals surface area contributed by atoms with Gasteiger partial charge in [0, 0.05) is 17.3 Å². The lowest BCUT2D eigenvalue weighted by molar-refractivity contribution is -0.118. The molecule has 2 aromatic carbocycles. The van der Waals surface area contributed by atoms with Gasteiger partial charge < -0.3 is 9.57 Å². The van der Waals surface area contributed by atoms with Crippen molar-refractivity contribution in [3.63, 3.8) is 0 Å². The van der Waals surface area contributed by atoms with Crippen LogP contribution in [0, 0.1) is 0 Å². The molecule has 1 atom stereocenters. The number of hydrogen-bond acceptors (Lipinski definition) is 7. The van der Waals surface area contributed by atoms with E-state index in [1.165, 1.54) is 0 Å². The standard InChI is InChI=1S/C25H23N3O4S/c1-17(20-9-12-22(26-16-20)19-5-3-2-4-6-19)28-32-14-13-31-21-10-7-18(8-11-21)15-23-24(29)27-25(30)33-23/h2-12,16,23H,13-15H2,1H3,(H,27,29,30)/b28-17-. The van der Waals surface area contributed by atoms with Crippen molar-refractivity contribution in [1.29, 1.82) is 0 Å². The predicted octanol–water partition coefficient (Wildman–Crippen LogP) is 4.46. The van der Waals surface area contributed by atoms with Gasteiger partial charge in [0.25, 0.3) is 5.24 Å². The molecule has 1 aromatic heterocycles. The highest BCUT2D eigenvalue weighted by atomic mass is 32.2. The molecule has 1 unspecified atom stereocenters. The van der Waals surface area contributed by atoms with Gasteiger partial charge in [0.15, 0.2) is 6.61 Å². The third kappa shape index (κ3) is 6.20. The number of nitrogens with one attached hydrogen (secondary N) is 1. The zero-order valence-corrected chi connectivity index (χ0v) is 18.9. The molecule has 3 aromatic rings. The topological polar surface area (TPSA) is 89.9 Å². The van der Waals surface area contributed by atoms with E-state index in [4.69, 9.17) is 9.57 Å². The Balaban J connectivity index is 1.20. The second-order valence-electron chi connectivity index (χ2n) is 7.39. The van der Waals surface area contributed by atoms with Gasteiger partial charge in [-0.1, -0.05) is 59.4 Å². The molecule has 0 bridgehead atoms. The number of carbonyl (C=O) groups excluding carboxylic acids is 2. The number of rotatable bonds is 9. The highest BCUT2D eigenvalue weighted by molar-refractivity contribution is 8.15. The Morgan fingerprint density at radius 2 is 1.82 bits per heavy atom. The number of nitrogens with zero attached hydrogens (tertiary/aromatic N) is 2. The lowest BCUT2D eigenvalue weighted by Gasteiger charge is -2.08. The molecule has 8 heteroatoms. The van der Waals surface area contributed by atoms with Crippen LogP contribution in [0.4, 0.5) is 4.79 Å². The van der Waals surface area contributed by atoms with Gasteiger partial charge in [-0.05, 0) is 43.2 Å². The van der Waals surface area contributed by atoms with Gasteiger partial charge in [0.2, 0.25) is 5.91 Å². The Labute approximate surface area is 196 Å². The second kappa shape index (κ2) is 10.8. The molecule has 0 aliphatic carbocycles. The molecule has 1 N–H and O–H groups in total. The van der Waals surface area contributed by atoms with Gasteiger partial charge in [0.1, 0.15) is 12.4 Å². The van der Waals surface area contributed by atoms with Crippen molar-refractivity contribution in [2.75, 3.05) is 13.2 Å². The minimum Gasteiger partial charge on any atom is -0.490 e. The average Bonchev–Trinajstić information content (AvgIpc) is 3.16. The Bertz CT molecular complexity index is 1130. The quantitative estimate of drug-likeness (QED) is 0.287. The molecule has 0 spiro atoms. The summed E-state index contributed by atoms with van der Waals surface area (Å²) < 4.78 is 5.68. The number of hydrogen-bond donors (Lipinski definition) is 1. The van der Waals surface area contributed by atoms with Crippen molar-refractivity contribution in [1.82, 2.24) is 10.3 Å². The molecular weight excluding hydrogens is 438 g/mol. The van der Waals surface area contributed by atoms with E-state index in [1.807, 2.05) is 73.7 Å². The van der Waals surface area contributed by atoms with Crippen molar-refractivity contribution in [2.24, 2.45) is 5.16 Å². The Kier molecular flexibility index (Phi) is 7.36. The number of oxime groups is 1. The van der Waals surface area contributed by atoms with Gasteiger partial charge in [-0.3, -0.25) is 19.9 Å². The van der Waals surface area contributed by atoms with E-state index in [2.05, 4.69) is 15.5 Å². The number of ether oxygens (including phenoxy) is 1. The molecule has 1 fully saturated rings. The van der Waals surface area contributed by atoms with Gasteiger partial charge in [-0.15, -0.1) is 0 Å². The van der Waals surface area contributed by atoms with Crippen molar-refractivity contribution in [3.8, 4) is 17.0 Å². The molecule has 7 nitrogen and oxygen atoms in total. The Morgan fingerprint density at radius 3 is 2.48 bits per heavy atom. The third-order valence-corrected chi connectivity index (χ3v) is 5.99. The second-order valence-corrected chi connectivity index (χ2v) is 8.56. The number of aromatic nitrogens is 1. The smallest absolute Gasteiger partial charge is 0.286 e. The minimum absolute atomic E-state index is 0.235. The van der Waals surface area contributed by atoms with Crippen LogP contribution >= 0.6 is 11.8 Å². The molecule has 4 rings (SSSR count). The maximum absolute atomic E-state index is 11.7. The summed E-state index contributed by atoms with van der Waals surface area (Å²) in [6.07, 6.45) is 2.28. The molecule has 1 aliphatic rings. The maximum Gasteiger partial charge on any atom is 0.286 e. The molecule has 0 saturated carbocycles. The van der Waals surface area contributed by atoms with Crippen LogP contribution in [-0.2, 0) is 16.1 Å². The van der Waals surface area contributed by atoms with E-state index in [9.17, 15) is 9.59 Å². The first-order chi connectivity index (χ1) is 16.1. The lowest BCUT2D eigenvalue weighted by Crippen LogP contribution is -2.25. The number of amides is 2. The molecular formula is C25H23N3O4S. The summed E-state index contributed by atoms with van der Waals surface area (Å²) in [6.45, 7) is 2.52. The monoisotopic (exact) mass is 461 g/mol.